The van der Waals surface area contributed by atoms with Gasteiger partial charge >= 0.3 is 0 Å². The summed E-state index contributed by atoms with van der Waals surface area (Å²) < 4.78 is 5.54. The lowest BCUT2D eigenvalue weighted by Gasteiger charge is -2.37. The van der Waals surface area contributed by atoms with Crippen LogP contribution in [0.4, 0.5) is 0 Å². The molecule has 1 aromatic rings. The molecule has 0 radical (unpaired) electrons. The van der Waals surface area contributed by atoms with Crippen LogP contribution < -0.4 is 0 Å². The van der Waals surface area contributed by atoms with Gasteiger partial charge < -0.3 is 9.52 Å². The molecule has 1 N–H and O–H groups in total. The maximum Gasteiger partial charge on any atom is 0.129 e. The van der Waals surface area contributed by atoms with Gasteiger partial charge in [0.25, 0.3) is 0 Å². The van der Waals surface area contributed by atoms with E-state index in [0.29, 0.717) is 5.76 Å². The molecule has 4 nitrogen and oxygen atoms in total. The van der Waals surface area contributed by atoms with Crippen LogP contribution in [0.3, 0.4) is 0 Å². The van der Waals surface area contributed by atoms with Crippen LogP contribution >= 0.6 is 0 Å². The van der Waals surface area contributed by atoms with Gasteiger partial charge in [0.1, 0.15) is 18.1 Å². The second kappa shape index (κ2) is 4.80. The quantitative estimate of drug-likeness (QED) is 0.851. The fourth-order valence-electron chi connectivity index (χ4n) is 3.01. The first-order chi connectivity index (χ1) is 8.35. The van der Waals surface area contributed by atoms with Crippen LogP contribution in [0.5, 0.6) is 0 Å². The van der Waals surface area contributed by atoms with Crippen molar-refractivity contribution in [3.63, 3.8) is 0 Å². The second-order valence-corrected chi connectivity index (χ2v) is 5.09. The summed E-state index contributed by atoms with van der Waals surface area (Å²) in [5.74, 6) is 1.64. The molecule has 0 aromatic carbocycles. The third-order valence-corrected chi connectivity index (χ3v) is 3.92. The third kappa shape index (κ3) is 2.39. The standard InChI is InChI=1S/C13H20N2O2/c16-10-13-4-3-12(17-13)9-14-6-7-15-5-1-2-11(15)8-14/h3-4,11,16H,1-2,5-10H2. The molecule has 0 bridgehead atoms. The minimum absolute atomic E-state index is 0.00357. The van der Waals surface area contributed by atoms with Gasteiger partial charge in [0.2, 0.25) is 0 Å². The Morgan fingerprint density at radius 2 is 2.12 bits per heavy atom. The Labute approximate surface area is 102 Å². The number of rotatable bonds is 3. The van der Waals surface area contributed by atoms with Crippen LogP contribution in [0.2, 0.25) is 0 Å². The van der Waals surface area contributed by atoms with Crippen LogP contribution in [0, 0.1) is 0 Å². The van der Waals surface area contributed by atoms with Crippen molar-refractivity contribution in [1.29, 1.82) is 0 Å². The van der Waals surface area contributed by atoms with Crippen molar-refractivity contribution in [2.45, 2.75) is 32.0 Å². The Balaban J connectivity index is 1.58. The lowest BCUT2D eigenvalue weighted by atomic mass is 10.1. The zero-order valence-corrected chi connectivity index (χ0v) is 10.1. The highest BCUT2D eigenvalue weighted by molar-refractivity contribution is 5.06. The number of hydrogen-bond donors (Lipinski definition) is 1. The highest BCUT2D eigenvalue weighted by atomic mass is 16.4. The Bertz CT molecular complexity index is 377. The molecule has 2 aliphatic rings. The van der Waals surface area contributed by atoms with E-state index < -0.39 is 0 Å². The molecule has 1 unspecified atom stereocenters. The number of aliphatic hydroxyl groups is 1. The minimum atomic E-state index is -0.00357. The van der Waals surface area contributed by atoms with E-state index in [9.17, 15) is 0 Å². The zero-order chi connectivity index (χ0) is 11.7. The number of aliphatic hydroxyl groups excluding tert-OH is 1. The van der Waals surface area contributed by atoms with Crippen molar-refractivity contribution in [3.05, 3.63) is 23.7 Å². The van der Waals surface area contributed by atoms with Crippen LogP contribution in [0.15, 0.2) is 16.5 Å². The Hall–Kier alpha value is -0.840. The summed E-state index contributed by atoms with van der Waals surface area (Å²) >= 11 is 0. The van der Waals surface area contributed by atoms with Crippen LogP contribution in [-0.4, -0.2) is 47.1 Å². The molecule has 0 saturated carbocycles. The van der Waals surface area contributed by atoms with Gasteiger partial charge in [-0.3, -0.25) is 9.80 Å². The van der Waals surface area contributed by atoms with Gasteiger partial charge in [0.05, 0.1) is 6.54 Å². The first-order valence-electron chi connectivity index (χ1n) is 6.50. The number of furan rings is 1. The van der Waals surface area contributed by atoms with Crippen LogP contribution in [0.1, 0.15) is 24.4 Å². The van der Waals surface area contributed by atoms with E-state index in [0.717, 1.165) is 31.4 Å². The first kappa shape index (κ1) is 11.3. The summed E-state index contributed by atoms with van der Waals surface area (Å²) in [5.41, 5.74) is 0. The lowest BCUT2D eigenvalue weighted by Crippen LogP contribution is -2.49. The molecule has 3 rings (SSSR count). The molecule has 17 heavy (non-hydrogen) atoms. The van der Waals surface area contributed by atoms with E-state index in [1.807, 2.05) is 12.1 Å². The predicted octanol–water partition coefficient (Wildman–Crippen LogP) is 1.05. The minimum Gasteiger partial charge on any atom is -0.462 e. The first-order valence-corrected chi connectivity index (χ1v) is 6.50. The molecule has 2 saturated heterocycles. The molecule has 2 aliphatic heterocycles. The highest BCUT2D eigenvalue weighted by Gasteiger charge is 2.30. The summed E-state index contributed by atoms with van der Waals surface area (Å²) in [7, 11) is 0. The molecule has 1 aromatic heterocycles. The Kier molecular flexibility index (Phi) is 3.18. The molecule has 2 fully saturated rings. The van der Waals surface area contributed by atoms with E-state index >= 15 is 0 Å². The Morgan fingerprint density at radius 1 is 1.24 bits per heavy atom. The third-order valence-electron chi connectivity index (χ3n) is 3.92. The molecule has 0 spiro atoms. The monoisotopic (exact) mass is 236 g/mol. The van der Waals surface area contributed by atoms with Crippen LogP contribution in [0.25, 0.3) is 0 Å². The Morgan fingerprint density at radius 3 is 2.94 bits per heavy atom. The molecule has 1 atom stereocenters. The molecule has 94 valence electrons. The summed E-state index contributed by atoms with van der Waals surface area (Å²) in [6.07, 6.45) is 2.70. The summed E-state index contributed by atoms with van der Waals surface area (Å²) in [6.45, 7) is 5.65. The normalized spacial score (nSPS) is 26.3. The summed E-state index contributed by atoms with van der Waals surface area (Å²) in [6, 6.07) is 4.60. The highest BCUT2D eigenvalue weighted by Crippen LogP contribution is 2.22. The molecular weight excluding hydrogens is 216 g/mol. The average Bonchev–Trinajstić information content (AvgIpc) is 2.96. The smallest absolute Gasteiger partial charge is 0.129 e. The molecule has 3 heterocycles. The van der Waals surface area contributed by atoms with Crippen molar-refractivity contribution in [3.8, 4) is 0 Å². The van der Waals surface area contributed by atoms with Gasteiger partial charge in [-0.05, 0) is 31.5 Å². The van der Waals surface area contributed by atoms with Crippen molar-refractivity contribution in [1.82, 2.24) is 9.80 Å². The zero-order valence-electron chi connectivity index (χ0n) is 10.1. The maximum atomic E-state index is 8.97. The topological polar surface area (TPSA) is 39.9 Å². The van der Waals surface area contributed by atoms with Crippen molar-refractivity contribution in [2.24, 2.45) is 0 Å². The molecule has 4 heteroatoms. The average molecular weight is 236 g/mol. The van der Waals surface area contributed by atoms with E-state index in [2.05, 4.69) is 9.80 Å². The van der Waals surface area contributed by atoms with Crippen LogP contribution in [-0.2, 0) is 13.2 Å². The molecular formula is C13H20N2O2. The van der Waals surface area contributed by atoms with E-state index in [1.54, 1.807) is 0 Å². The summed E-state index contributed by atoms with van der Waals surface area (Å²) in [5, 5.41) is 8.97. The number of fused-ring (bicyclic) bond motifs is 1. The largest absolute Gasteiger partial charge is 0.462 e. The molecule has 0 amide bonds. The summed E-state index contributed by atoms with van der Waals surface area (Å²) in [4.78, 5) is 5.07. The van der Waals surface area contributed by atoms with E-state index in [1.165, 1.54) is 25.9 Å². The van der Waals surface area contributed by atoms with E-state index in [4.69, 9.17) is 9.52 Å². The van der Waals surface area contributed by atoms with E-state index in [-0.39, 0.29) is 6.61 Å². The van der Waals surface area contributed by atoms with Gasteiger partial charge in [-0.15, -0.1) is 0 Å². The fourth-order valence-corrected chi connectivity index (χ4v) is 3.01. The van der Waals surface area contributed by atoms with Crippen molar-refractivity contribution in [2.75, 3.05) is 26.2 Å². The fraction of sp³-hybridized carbons (Fsp3) is 0.692. The van der Waals surface area contributed by atoms with Crippen molar-refractivity contribution < 1.29 is 9.52 Å². The number of nitrogens with zero attached hydrogens (tertiary/aromatic N) is 2. The van der Waals surface area contributed by atoms with Gasteiger partial charge in [0, 0.05) is 25.7 Å². The lowest BCUT2D eigenvalue weighted by molar-refractivity contribution is 0.0931. The van der Waals surface area contributed by atoms with Gasteiger partial charge in [0.15, 0.2) is 0 Å². The number of hydrogen-bond acceptors (Lipinski definition) is 4. The second-order valence-electron chi connectivity index (χ2n) is 5.09. The van der Waals surface area contributed by atoms with Gasteiger partial charge in [-0.1, -0.05) is 0 Å². The SMILES string of the molecule is OCc1ccc(CN2CCN3CCCC3C2)o1. The predicted molar refractivity (Wildman–Crippen MR) is 64.5 cm³/mol. The van der Waals surface area contributed by atoms with Crippen molar-refractivity contribution >= 4 is 0 Å². The molecule has 0 aliphatic carbocycles. The van der Waals surface area contributed by atoms with Gasteiger partial charge in [-0.25, -0.2) is 0 Å². The number of piperazine rings is 1. The maximum absolute atomic E-state index is 8.97. The van der Waals surface area contributed by atoms with Gasteiger partial charge in [-0.2, -0.15) is 0 Å².